The van der Waals surface area contributed by atoms with Gasteiger partial charge in [0, 0.05) is 62.9 Å². The molecule has 0 saturated carbocycles. The number of nitrogens with zero attached hydrogens (tertiary/aromatic N) is 4. The molecule has 178 valence electrons. The maximum atomic E-state index is 13.1. The number of carbonyl (C=O) groups is 3. The number of carbonyl (C=O) groups excluding carboxylic acids is 3. The second-order valence-corrected chi connectivity index (χ2v) is 9.90. The van der Waals surface area contributed by atoms with E-state index in [0.29, 0.717) is 24.6 Å². The van der Waals surface area contributed by atoms with Crippen LogP contribution in [-0.4, -0.2) is 62.7 Å². The minimum Gasteiger partial charge on any atom is -0.330 e. The Bertz CT molecular complexity index is 1150. The summed E-state index contributed by atoms with van der Waals surface area (Å²) in [7, 11) is 0. The minimum absolute atomic E-state index is 0.118. The summed E-state index contributed by atoms with van der Waals surface area (Å²) in [5.74, 6) is -0.755. The van der Waals surface area contributed by atoms with Gasteiger partial charge in [0.25, 0.3) is 5.91 Å². The average Bonchev–Trinajstić information content (AvgIpc) is 3.41. The van der Waals surface area contributed by atoms with Gasteiger partial charge >= 0.3 is 0 Å². The van der Waals surface area contributed by atoms with E-state index in [0.717, 1.165) is 56.0 Å². The highest BCUT2D eigenvalue weighted by atomic mass is 16.2. The molecule has 3 amide bonds. The Morgan fingerprint density at radius 3 is 2.82 bits per heavy atom. The van der Waals surface area contributed by atoms with Crippen molar-refractivity contribution in [3.8, 4) is 0 Å². The third kappa shape index (κ3) is 3.82. The fourth-order valence-corrected chi connectivity index (χ4v) is 5.86. The monoisotopic (exact) mass is 462 g/mol. The van der Waals surface area contributed by atoms with Crippen molar-refractivity contribution in [2.24, 2.45) is 0 Å². The fraction of sp³-hybridized carbons (Fsp3) is 0.520. The number of hydrogen-bond donors (Lipinski definition) is 2. The van der Waals surface area contributed by atoms with Gasteiger partial charge in [-0.15, -0.1) is 0 Å². The van der Waals surface area contributed by atoms with E-state index >= 15 is 0 Å². The maximum Gasteiger partial charge on any atom is 0.255 e. The van der Waals surface area contributed by atoms with Crippen molar-refractivity contribution in [3.63, 3.8) is 0 Å². The van der Waals surface area contributed by atoms with Crippen LogP contribution in [0.4, 0.5) is 0 Å². The average molecular weight is 463 g/mol. The summed E-state index contributed by atoms with van der Waals surface area (Å²) in [6.07, 6.45) is 6.07. The lowest BCUT2D eigenvalue weighted by Gasteiger charge is -2.30. The summed E-state index contributed by atoms with van der Waals surface area (Å²) in [5, 5.41) is 5.86. The lowest BCUT2D eigenvalue weighted by Crippen LogP contribution is -2.52. The van der Waals surface area contributed by atoms with Gasteiger partial charge in [-0.3, -0.25) is 24.6 Å². The van der Waals surface area contributed by atoms with Crippen molar-refractivity contribution >= 4 is 17.7 Å². The Morgan fingerprint density at radius 2 is 2.00 bits per heavy atom. The molecule has 1 aromatic carbocycles. The van der Waals surface area contributed by atoms with Crippen LogP contribution in [0.25, 0.3) is 0 Å². The highest BCUT2D eigenvalue weighted by Crippen LogP contribution is 2.30. The van der Waals surface area contributed by atoms with Crippen LogP contribution in [0.1, 0.15) is 64.6 Å². The van der Waals surface area contributed by atoms with Gasteiger partial charge in [-0.05, 0) is 43.0 Å². The topological polar surface area (TPSA) is 99.6 Å². The lowest BCUT2D eigenvalue weighted by atomic mass is 10.0. The molecule has 2 N–H and O–H groups in total. The highest BCUT2D eigenvalue weighted by Gasteiger charge is 2.39. The van der Waals surface area contributed by atoms with Crippen molar-refractivity contribution in [1.82, 2.24) is 30.0 Å². The first-order valence-electron chi connectivity index (χ1n) is 12.3. The number of benzene rings is 1. The zero-order valence-electron chi connectivity index (χ0n) is 19.3. The van der Waals surface area contributed by atoms with Crippen LogP contribution in [0.3, 0.4) is 0 Å². The van der Waals surface area contributed by atoms with Crippen molar-refractivity contribution in [3.05, 3.63) is 52.6 Å². The number of hydrogen-bond acceptors (Lipinski definition) is 6. The number of nitrogens with one attached hydrogen (secondary N) is 2. The number of aromatic nitrogens is 2. The molecule has 0 aliphatic carbocycles. The summed E-state index contributed by atoms with van der Waals surface area (Å²) in [4.78, 5) is 45.6. The van der Waals surface area contributed by atoms with Gasteiger partial charge in [-0.1, -0.05) is 12.1 Å². The SMILES string of the molecule is O=C1CCC(N2Cc3ccc(CN4CCc5c(ncn5C5CCCNC5)C4)cc3C2=O)C(=O)N1. The van der Waals surface area contributed by atoms with E-state index in [1.54, 1.807) is 4.90 Å². The number of imidazole rings is 1. The molecule has 1 aromatic heterocycles. The minimum atomic E-state index is -0.573. The Hall–Kier alpha value is -3.04. The lowest BCUT2D eigenvalue weighted by molar-refractivity contribution is -0.136. The molecule has 2 atom stereocenters. The molecule has 0 radical (unpaired) electrons. The molecule has 34 heavy (non-hydrogen) atoms. The summed E-state index contributed by atoms with van der Waals surface area (Å²) >= 11 is 0. The number of imide groups is 1. The molecule has 0 spiro atoms. The number of amides is 3. The van der Waals surface area contributed by atoms with Crippen LogP contribution in [-0.2, 0) is 35.6 Å². The highest BCUT2D eigenvalue weighted by molar-refractivity contribution is 6.05. The molecule has 2 unspecified atom stereocenters. The Balaban J connectivity index is 1.13. The van der Waals surface area contributed by atoms with Crippen molar-refractivity contribution < 1.29 is 14.4 Å². The first kappa shape index (κ1) is 21.5. The van der Waals surface area contributed by atoms with Gasteiger partial charge < -0.3 is 14.8 Å². The van der Waals surface area contributed by atoms with Crippen LogP contribution in [0.15, 0.2) is 24.5 Å². The molecule has 9 heteroatoms. The third-order valence-electron chi connectivity index (χ3n) is 7.68. The normalized spacial score (nSPS) is 25.3. The van der Waals surface area contributed by atoms with E-state index in [2.05, 4.69) is 26.2 Å². The van der Waals surface area contributed by atoms with E-state index in [1.807, 2.05) is 18.5 Å². The molecule has 5 heterocycles. The Kier molecular flexibility index (Phi) is 5.45. The maximum absolute atomic E-state index is 13.1. The van der Waals surface area contributed by atoms with E-state index in [1.165, 1.54) is 18.5 Å². The van der Waals surface area contributed by atoms with Crippen molar-refractivity contribution in [2.45, 2.75) is 63.8 Å². The molecule has 2 aromatic rings. The van der Waals surface area contributed by atoms with Gasteiger partial charge in [0.2, 0.25) is 11.8 Å². The van der Waals surface area contributed by atoms with E-state index in [4.69, 9.17) is 4.98 Å². The molecular formula is C25H30N6O3. The molecule has 4 aliphatic heterocycles. The summed E-state index contributed by atoms with van der Waals surface area (Å²) in [6, 6.07) is 6.00. The van der Waals surface area contributed by atoms with Crippen LogP contribution < -0.4 is 10.6 Å². The van der Waals surface area contributed by atoms with Gasteiger partial charge in [-0.2, -0.15) is 0 Å². The molecular weight excluding hydrogens is 432 g/mol. The third-order valence-corrected chi connectivity index (χ3v) is 7.68. The summed E-state index contributed by atoms with van der Waals surface area (Å²) < 4.78 is 2.39. The zero-order valence-corrected chi connectivity index (χ0v) is 19.3. The molecule has 4 aliphatic rings. The number of piperidine rings is 2. The first-order chi connectivity index (χ1) is 16.6. The quantitative estimate of drug-likeness (QED) is 0.661. The second kappa shape index (κ2) is 8.63. The molecule has 2 saturated heterocycles. The smallest absolute Gasteiger partial charge is 0.255 e. The first-order valence-corrected chi connectivity index (χ1v) is 12.3. The molecule has 0 bridgehead atoms. The van der Waals surface area contributed by atoms with Crippen molar-refractivity contribution in [2.75, 3.05) is 19.6 Å². The van der Waals surface area contributed by atoms with Gasteiger partial charge in [0.15, 0.2) is 0 Å². The predicted molar refractivity (Wildman–Crippen MR) is 124 cm³/mol. The van der Waals surface area contributed by atoms with E-state index in [9.17, 15) is 14.4 Å². The van der Waals surface area contributed by atoms with Crippen LogP contribution in [0, 0.1) is 0 Å². The van der Waals surface area contributed by atoms with Crippen LogP contribution in [0.2, 0.25) is 0 Å². The predicted octanol–water partition coefficient (Wildman–Crippen LogP) is 1.13. The zero-order chi connectivity index (χ0) is 23.2. The Morgan fingerprint density at radius 1 is 1.09 bits per heavy atom. The summed E-state index contributed by atoms with van der Waals surface area (Å²) in [5.41, 5.74) is 5.25. The number of rotatable bonds is 4. The largest absolute Gasteiger partial charge is 0.330 e. The van der Waals surface area contributed by atoms with Crippen LogP contribution in [0.5, 0.6) is 0 Å². The molecule has 6 rings (SSSR count). The molecule has 9 nitrogen and oxygen atoms in total. The second-order valence-electron chi connectivity index (χ2n) is 9.90. The van der Waals surface area contributed by atoms with Gasteiger partial charge in [0.1, 0.15) is 6.04 Å². The fourth-order valence-electron chi connectivity index (χ4n) is 5.86. The van der Waals surface area contributed by atoms with Crippen LogP contribution >= 0.6 is 0 Å². The number of fused-ring (bicyclic) bond motifs is 2. The standard InChI is InChI=1S/C25H30N6O3/c32-23-6-5-22(24(33)28-23)30-13-17-4-3-16(10-19(17)25(30)34)12-29-9-7-21-20(14-29)27-15-31(21)18-2-1-8-26-11-18/h3-4,10,15,18,22,26H,1-2,5-9,11-14H2,(H,28,32,33). The van der Waals surface area contributed by atoms with Gasteiger partial charge in [0.05, 0.1) is 12.0 Å². The Labute approximate surface area is 198 Å². The van der Waals surface area contributed by atoms with Crippen molar-refractivity contribution in [1.29, 1.82) is 0 Å². The molecule has 2 fully saturated rings. The van der Waals surface area contributed by atoms with Gasteiger partial charge in [-0.25, -0.2) is 4.98 Å². The van der Waals surface area contributed by atoms with E-state index < -0.39 is 6.04 Å². The van der Waals surface area contributed by atoms with E-state index in [-0.39, 0.29) is 24.1 Å². The summed E-state index contributed by atoms with van der Waals surface area (Å²) in [6.45, 7) is 5.08.